The zero-order valence-corrected chi connectivity index (χ0v) is 6.80. The fourth-order valence-electron chi connectivity index (χ4n) is 1.07. The van der Waals surface area contributed by atoms with Crippen LogP contribution >= 0.6 is 0 Å². The summed E-state index contributed by atoms with van der Waals surface area (Å²) < 4.78 is 0. The summed E-state index contributed by atoms with van der Waals surface area (Å²) >= 11 is 0. The van der Waals surface area contributed by atoms with E-state index >= 15 is 0 Å². The number of benzene rings is 1. The number of nitrogens with two attached hydrogens (primary N) is 2. The van der Waals surface area contributed by atoms with Crippen LogP contribution in [0.5, 0.6) is 0 Å². The van der Waals surface area contributed by atoms with Gasteiger partial charge in [-0.3, -0.25) is 0 Å². The maximum Gasteiger partial charge on any atom is 0.0180 e. The second kappa shape index (κ2) is 3.51. The van der Waals surface area contributed by atoms with Gasteiger partial charge in [0.05, 0.1) is 0 Å². The third-order valence-corrected chi connectivity index (χ3v) is 1.87. The molecule has 2 heteroatoms. The quantitative estimate of drug-likeness (QED) is 0.658. The maximum absolute atomic E-state index is 5.53. The molecule has 0 atom stereocenters. The summed E-state index contributed by atoms with van der Waals surface area (Å²) in [6.45, 7) is 3.25. The van der Waals surface area contributed by atoms with Gasteiger partial charge in [-0.05, 0) is 23.6 Å². The Labute approximate surface area is 67.2 Å². The highest BCUT2D eigenvalue weighted by molar-refractivity contribution is 5.30. The topological polar surface area (TPSA) is 52.0 Å². The second-order valence-electron chi connectivity index (χ2n) is 2.67. The Morgan fingerprint density at radius 3 is 2.45 bits per heavy atom. The van der Waals surface area contributed by atoms with Crippen LogP contribution < -0.4 is 11.5 Å². The Balaban J connectivity index is 3.02. The van der Waals surface area contributed by atoms with Gasteiger partial charge in [-0.25, -0.2) is 0 Å². The van der Waals surface area contributed by atoms with E-state index in [4.69, 9.17) is 11.5 Å². The predicted molar refractivity (Wildman–Crippen MR) is 47.0 cm³/mol. The van der Waals surface area contributed by atoms with Gasteiger partial charge in [0.1, 0.15) is 0 Å². The van der Waals surface area contributed by atoms with Crippen LogP contribution in [0.4, 0.5) is 0 Å². The van der Waals surface area contributed by atoms with Crippen molar-refractivity contribution in [2.45, 2.75) is 20.0 Å². The molecule has 0 bridgehead atoms. The van der Waals surface area contributed by atoms with Crippen molar-refractivity contribution in [3.63, 3.8) is 0 Å². The summed E-state index contributed by atoms with van der Waals surface area (Å²) in [6, 6.07) is 6.16. The summed E-state index contributed by atoms with van der Waals surface area (Å²) in [5, 5.41) is 0. The van der Waals surface area contributed by atoms with E-state index in [-0.39, 0.29) is 0 Å². The van der Waals surface area contributed by atoms with E-state index in [0.717, 1.165) is 5.56 Å². The molecule has 0 saturated carbocycles. The van der Waals surface area contributed by atoms with Crippen molar-refractivity contribution in [1.29, 1.82) is 0 Å². The molecular formula is C9H14N2. The molecule has 2 nitrogen and oxygen atoms in total. The third-order valence-electron chi connectivity index (χ3n) is 1.87. The highest BCUT2D eigenvalue weighted by Gasteiger charge is 1.96. The van der Waals surface area contributed by atoms with E-state index in [0.29, 0.717) is 13.1 Å². The summed E-state index contributed by atoms with van der Waals surface area (Å²) in [5.74, 6) is 0. The predicted octanol–water partition coefficient (Wildman–Crippen LogP) is 0.912. The molecular weight excluding hydrogens is 136 g/mol. The lowest BCUT2D eigenvalue weighted by Gasteiger charge is -2.04. The van der Waals surface area contributed by atoms with Gasteiger partial charge in [0.2, 0.25) is 0 Å². The van der Waals surface area contributed by atoms with Gasteiger partial charge in [0.15, 0.2) is 0 Å². The van der Waals surface area contributed by atoms with E-state index in [1.807, 2.05) is 6.07 Å². The average molecular weight is 150 g/mol. The average Bonchev–Trinajstić information content (AvgIpc) is 2.05. The van der Waals surface area contributed by atoms with Crippen molar-refractivity contribution < 1.29 is 0 Å². The minimum absolute atomic E-state index is 0.591. The van der Waals surface area contributed by atoms with E-state index in [2.05, 4.69) is 19.1 Å². The fraction of sp³-hybridized carbons (Fsp3) is 0.333. The lowest BCUT2D eigenvalue weighted by atomic mass is 10.1. The molecule has 0 spiro atoms. The standard InChI is InChI=1S/C9H14N2/c1-7-2-3-8(5-10)4-9(7)6-11/h2-4H,5-6,10-11H2,1H3. The molecule has 0 aromatic heterocycles. The highest BCUT2D eigenvalue weighted by Crippen LogP contribution is 2.09. The van der Waals surface area contributed by atoms with Gasteiger partial charge in [-0.1, -0.05) is 18.2 Å². The van der Waals surface area contributed by atoms with Crippen LogP contribution in [-0.4, -0.2) is 0 Å². The molecule has 60 valence electrons. The monoisotopic (exact) mass is 150 g/mol. The summed E-state index contributed by atoms with van der Waals surface area (Å²) in [4.78, 5) is 0. The van der Waals surface area contributed by atoms with Crippen molar-refractivity contribution in [2.75, 3.05) is 0 Å². The van der Waals surface area contributed by atoms with Gasteiger partial charge >= 0.3 is 0 Å². The molecule has 0 heterocycles. The first-order chi connectivity index (χ1) is 5.27. The van der Waals surface area contributed by atoms with Crippen LogP contribution in [0.25, 0.3) is 0 Å². The Morgan fingerprint density at radius 2 is 1.91 bits per heavy atom. The Hall–Kier alpha value is -0.860. The van der Waals surface area contributed by atoms with Gasteiger partial charge < -0.3 is 11.5 Å². The number of hydrogen-bond donors (Lipinski definition) is 2. The first kappa shape index (κ1) is 8.24. The van der Waals surface area contributed by atoms with Crippen LogP contribution in [0.1, 0.15) is 16.7 Å². The molecule has 0 radical (unpaired) electrons. The van der Waals surface area contributed by atoms with Crippen molar-refractivity contribution in [3.8, 4) is 0 Å². The smallest absolute Gasteiger partial charge is 0.0180 e. The van der Waals surface area contributed by atoms with Gasteiger partial charge in [0.25, 0.3) is 0 Å². The number of hydrogen-bond acceptors (Lipinski definition) is 2. The molecule has 1 aromatic carbocycles. The van der Waals surface area contributed by atoms with Crippen LogP contribution in [0.2, 0.25) is 0 Å². The minimum Gasteiger partial charge on any atom is -0.326 e. The van der Waals surface area contributed by atoms with Gasteiger partial charge in [-0.2, -0.15) is 0 Å². The molecule has 0 aliphatic heterocycles. The van der Waals surface area contributed by atoms with E-state index in [1.165, 1.54) is 11.1 Å². The van der Waals surface area contributed by atoms with Crippen LogP contribution in [-0.2, 0) is 13.1 Å². The summed E-state index contributed by atoms with van der Waals surface area (Å²) in [6.07, 6.45) is 0. The van der Waals surface area contributed by atoms with Crippen molar-refractivity contribution in [3.05, 3.63) is 34.9 Å². The highest BCUT2D eigenvalue weighted by atomic mass is 14.5. The molecule has 0 aliphatic rings. The van der Waals surface area contributed by atoms with Crippen LogP contribution in [0.3, 0.4) is 0 Å². The lowest BCUT2D eigenvalue weighted by Crippen LogP contribution is -2.02. The molecule has 0 unspecified atom stereocenters. The van der Waals surface area contributed by atoms with Crippen molar-refractivity contribution in [2.24, 2.45) is 11.5 Å². The van der Waals surface area contributed by atoms with E-state index < -0.39 is 0 Å². The first-order valence-corrected chi connectivity index (χ1v) is 3.76. The lowest BCUT2D eigenvalue weighted by molar-refractivity contribution is 1.01. The Morgan fingerprint density at radius 1 is 1.18 bits per heavy atom. The second-order valence-corrected chi connectivity index (χ2v) is 2.67. The van der Waals surface area contributed by atoms with Crippen molar-refractivity contribution in [1.82, 2.24) is 0 Å². The summed E-state index contributed by atoms with van der Waals surface area (Å²) in [7, 11) is 0. The van der Waals surface area contributed by atoms with Crippen molar-refractivity contribution >= 4 is 0 Å². The SMILES string of the molecule is Cc1ccc(CN)cc1CN. The maximum atomic E-state index is 5.53. The van der Waals surface area contributed by atoms with Crippen LogP contribution in [0.15, 0.2) is 18.2 Å². The van der Waals surface area contributed by atoms with E-state index in [9.17, 15) is 0 Å². The molecule has 4 N–H and O–H groups in total. The zero-order valence-electron chi connectivity index (χ0n) is 6.80. The normalized spacial score (nSPS) is 10.1. The molecule has 0 aliphatic carbocycles. The molecule has 1 rings (SSSR count). The first-order valence-electron chi connectivity index (χ1n) is 3.76. The Kier molecular flexibility index (Phi) is 2.63. The molecule has 1 aromatic rings. The molecule has 0 saturated heterocycles. The zero-order chi connectivity index (χ0) is 8.27. The number of aryl methyl sites for hydroxylation is 1. The minimum atomic E-state index is 0.591. The largest absolute Gasteiger partial charge is 0.326 e. The van der Waals surface area contributed by atoms with Crippen LogP contribution in [0, 0.1) is 6.92 Å². The van der Waals surface area contributed by atoms with Gasteiger partial charge in [0, 0.05) is 13.1 Å². The number of rotatable bonds is 2. The summed E-state index contributed by atoms with van der Waals surface area (Å²) in [5.41, 5.74) is 14.6. The molecule has 11 heavy (non-hydrogen) atoms. The third kappa shape index (κ3) is 1.79. The molecule has 0 fully saturated rings. The fourth-order valence-corrected chi connectivity index (χ4v) is 1.07. The Bertz CT molecular complexity index is 243. The molecule has 0 amide bonds. The van der Waals surface area contributed by atoms with E-state index in [1.54, 1.807) is 0 Å². The van der Waals surface area contributed by atoms with Gasteiger partial charge in [-0.15, -0.1) is 0 Å².